The van der Waals surface area contributed by atoms with Gasteiger partial charge in [-0.05, 0) is 38.8 Å². The van der Waals surface area contributed by atoms with Crippen molar-refractivity contribution in [3.63, 3.8) is 0 Å². The van der Waals surface area contributed by atoms with Crippen LogP contribution in [0, 0.1) is 0 Å². The third kappa shape index (κ3) is 2.99. The molecule has 5 rings (SSSR count). The van der Waals surface area contributed by atoms with E-state index in [2.05, 4.69) is 16.8 Å². The Labute approximate surface area is 175 Å². The van der Waals surface area contributed by atoms with E-state index in [4.69, 9.17) is 14.7 Å². The zero-order valence-corrected chi connectivity index (χ0v) is 18.0. The lowest BCUT2D eigenvalue weighted by Gasteiger charge is -2.35. The van der Waals surface area contributed by atoms with E-state index in [9.17, 15) is 8.42 Å². The highest BCUT2D eigenvalue weighted by Crippen LogP contribution is 2.41. The highest BCUT2D eigenvalue weighted by Gasteiger charge is 2.47. The Morgan fingerprint density at radius 2 is 2.07 bits per heavy atom. The number of sulfone groups is 1. The molecule has 1 unspecified atom stereocenters. The molecule has 4 heterocycles. The number of benzene rings is 1. The Morgan fingerprint density at radius 1 is 1.23 bits per heavy atom. The molecule has 0 amide bonds. The third-order valence-corrected chi connectivity index (χ3v) is 8.94. The average Bonchev–Trinajstić information content (AvgIpc) is 3.29. The Balaban J connectivity index is 1.72. The number of nitrogens with zero attached hydrogens (tertiary/aromatic N) is 5. The Bertz CT molecular complexity index is 1210. The molecule has 2 fully saturated rings. The maximum absolute atomic E-state index is 12.9. The fourth-order valence-electron chi connectivity index (χ4n) is 4.40. The van der Waals surface area contributed by atoms with E-state index in [-0.39, 0.29) is 11.8 Å². The molecule has 2 aromatic heterocycles. The van der Waals surface area contributed by atoms with Gasteiger partial charge in [0.2, 0.25) is 5.95 Å². The van der Waals surface area contributed by atoms with E-state index < -0.39 is 14.6 Å². The van der Waals surface area contributed by atoms with Crippen LogP contribution in [-0.2, 0) is 19.3 Å². The number of imidazole rings is 1. The minimum absolute atomic E-state index is 0.141. The molecular weight excluding hydrogens is 402 g/mol. The number of hydrogen-bond donors (Lipinski definition) is 0. The summed E-state index contributed by atoms with van der Waals surface area (Å²) in [6, 6.07) is 9.77. The Morgan fingerprint density at radius 3 is 2.83 bits per heavy atom. The monoisotopic (exact) mass is 427 g/mol. The first-order valence-corrected chi connectivity index (χ1v) is 11.9. The van der Waals surface area contributed by atoms with Crippen molar-refractivity contribution in [2.75, 3.05) is 30.4 Å². The van der Waals surface area contributed by atoms with Gasteiger partial charge in [-0.1, -0.05) is 12.1 Å². The van der Waals surface area contributed by atoms with Crippen LogP contribution >= 0.6 is 0 Å². The minimum atomic E-state index is -3.29. The normalized spacial score (nSPS) is 26.3. The van der Waals surface area contributed by atoms with Crippen LogP contribution in [-0.4, -0.2) is 59.5 Å². The summed E-state index contributed by atoms with van der Waals surface area (Å²) in [5.74, 6) is 1.37. The number of fused-ring (bicyclic) bond motifs is 1. The van der Waals surface area contributed by atoms with Crippen molar-refractivity contribution in [1.82, 2.24) is 19.5 Å². The quantitative estimate of drug-likeness (QED) is 0.634. The van der Waals surface area contributed by atoms with Crippen molar-refractivity contribution in [2.45, 2.75) is 37.5 Å². The number of rotatable bonds is 3. The van der Waals surface area contributed by atoms with Gasteiger partial charge in [0.05, 0.1) is 41.7 Å². The summed E-state index contributed by atoms with van der Waals surface area (Å²) in [5, 5.41) is 0. The van der Waals surface area contributed by atoms with Gasteiger partial charge in [-0.25, -0.2) is 18.4 Å². The number of hydrogen-bond acceptors (Lipinski definition) is 7. The third-order valence-electron chi connectivity index (χ3n) is 6.33. The van der Waals surface area contributed by atoms with Crippen molar-refractivity contribution < 1.29 is 13.2 Å². The molecule has 2 aliphatic rings. The van der Waals surface area contributed by atoms with E-state index in [0.29, 0.717) is 44.2 Å². The van der Waals surface area contributed by atoms with Gasteiger partial charge in [0.25, 0.3) is 0 Å². The summed E-state index contributed by atoms with van der Waals surface area (Å²) in [6.45, 7) is 5.80. The van der Waals surface area contributed by atoms with Gasteiger partial charge in [-0.3, -0.25) is 4.57 Å². The second-order valence-corrected chi connectivity index (χ2v) is 10.8. The molecule has 1 aromatic carbocycles. The van der Waals surface area contributed by atoms with Gasteiger partial charge >= 0.3 is 0 Å². The molecule has 2 atom stereocenters. The maximum Gasteiger partial charge on any atom is 0.237 e. The fourth-order valence-corrected chi connectivity index (χ4v) is 6.25. The fraction of sp³-hybridized carbons (Fsp3) is 0.476. The van der Waals surface area contributed by atoms with Gasteiger partial charge in [0.1, 0.15) is 16.9 Å². The SMILES string of the molecule is C[C@@H]1COCCN1c1cc(C2(C)CCCS2(=O)=O)nc(-n2cnc3ccccc32)n1. The van der Waals surface area contributed by atoms with Crippen LogP contribution in [0.1, 0.15) is 32.4 Å². The van der Waals surface area contributed by atoms with Crippen LogP contribution in [0.15, 0.2) is 36.7 Å². The molecule has 8 nitrogen and oxygen atoms in total. The minimum Gasteiger partial charge on any atom is -0.377 e. The van der Waals surface area contributed by atoms with E-state index >= 15 is 0 Å². The van der Waals surface area contributed by atoms with Crippen LogP contribution in [0.25, 0.3) is 17.0 Å². The van der Waals surface area contributed by atoms with E-state index in [1.165, 1.54) is 0 Å². The number of aromatic nitrogens is 4. The first-order valence-electron chi connectivity index (χ1n) is 10.3. The van der Waals surface area contributed by atoms with Gasteiger partial charge in [-0.2, -0.15) is 4.98 Å². The molecule has 158 valence electrons. The second kappa shape index (κ2) is 7.02. The van der Waals surface area contributed by atoms with Gasteiger partial charge in [0, 0.05) is 12.6 Å². The molecule has 30 heavy (non-hydrogen) atoms. The Kier molecular flexibility index (Phi) is 4.55. The maximum atomic E-state index is 12.9. The van der Waals surface area contributed by atoms with Crippen LogP contribution < -0.4 is 4.90 Å². The molecule has 2 aliphatic heterocycles. The van der Waals surface area contributed by atoms with Gasteiger partial charge < -0.3 is 9.64 Å². The van der Waals surface area contributed by atoms with Crippen molar-refractivity contribution in [2.24, 2.45) is 0 Å². The van der Waals surface area contributed by atoms with Gasteiger partial charge in [0.15, 0.2) is 9.84 Å². The summed E-state index contributed by atoms with van der Waals surface area (Å²) < 4.78 is 32.3. The Hall–Kier alpha value is -2.52. The molecule has 9 heteroatoms. The molecular formula is C21H25N5O3S. The first-order chi connectivity index (χ1) is 14.4. The predicted molar refractivity (Wildman–Crippen MR) is 115 cm³/mol. The highest BCUT2D eigenvalue weighted by molar-refractivity contribution is 7.92. The van der Waals surface area contributed by atoms with Crippen LogP contribution in [0.2, 0.25) is 0 Å². The standard InChI is InChI=1S/C21H25N5O3S/c1-15-13-29-10-9-25(15)19-12-18(21(2)8-5-11-30(21,27)28)23-20(24-19)26-14-22-16-6-3-4-7-17(16)26/h3-4,6-7,12,14-15H,5,8-11,13H2,1-2H3/t15-,21?/m1/s1. The van der Waals surface area contributed by atoms with Crippen molar-refractivity contribution in [3.8, 4) is 5.95 Å². The molecule has 0 saturated carbocycles. The van der Waals surface area contributed by atoms with Crippen LogP contribution in [0.4, 0.5) is 5.82 Å². The van der Waals surface area contributed by atoms with Crippen molar-refractivity contribution in [3.05, 3.63) is 42.4 Å². The van der Waals surface area contributed by atoms with Crippen molar-refractivity contribution in [1.29, 1.82) is 0 Å². The zero-order chi connectivity index (χ0) is 20.9. The second-order valence-electron chi connectivity index (χ2n) is 8.29. The molecule has 0 bridgehead atoms. The van der Waals surface area contributed by atoms with Crippen LogP contribution in [0.3, 0.4) is 0 Å². The smallest absolute Gasteiger partial charge is 0.237 e. The average molecular weight is 428 g/mol. The topological polar surface area (TPSA) is 90.2 Å². The summed E-state index contributed by atoms with van der Waals surface area (Å²) in [4.78, 5) is 16.2. The lowest BCUT2D eigenvalue weighted by Crippen LogP contribution is -2.44. The first kappa shape index (κ1) is 19.4. The molecule has 0 spiro atoms. The summed E-state index contributed by atoms with van der Waals surface area (Å²) in [6.07, 6.45) is 2.91. The lowest BCUT2D eigenvalue weighted by molar-refractivity contribution is 0.0985. The number of para-hydroxylation sites is 2. The molecule has 2 saturated heterocycles. The molecule has 0 radical (unpaired) electrons. The lowest BCUT2D eigenvalue weighted by atomic mass is 10.0. The van der Waals surface area contributed by atoms with Gasteiger partial charge in [-0.15, -0.1) is 0 Å². The molecule has 0 N–H and O–H groups in total. The summed E-state index contributed by atoms with van der Waals surface area (Å²) in [5.41, 5.74) is 2.28. The number of anilines is 1. The van der Waals surface area contributed by atoms with Crippen LogP contribution in [0.5, 0.6) is 0 Å². The highest BCUT2D eigenvalue weighted by atomic mass is 32.2. The summed E-state index contributed by atoms with van der Waals surface area (Å²) >= 11 is 0. The van der Waals surface area contributed by atoms with E-state index in [1.54, 1.807) is 13.3 Å². The van der Waals surface area contributed by atoms with E-state index in [0.717, 1.165) is 16.9 Å². The molecule has 0 aliphatic carbocycles. The number of morpholine rings is 1. The largest absolute Gasteiger partial charge is 0.377 e. The predicted octanol–water partition coefficient (Wildman–Crippen LogP) is 2.46. The zero-order valence-electron chi connectivity index (χ0n) is 17.2. The molecule has 3 aromatic rings. The van der Waals surface area contributed by atoms with E-state index in [1.807, 2.05) is 34.9 Å². The number of ether oxygens (including phenoxy) is 1. The van der Waals surface area contributed by atoms with Crippen molar-refractivity contribution >= 4 is 26.7 Å². The summed E-state index contributed by atoms with van der Waals surface area (Å²) in [7, 11) is -3.29.